The largest absolute Gasteiger partial charge is 0.352 e. The lowest BCUT2D eigenvalue weighted by Gasteiger charge is -2.34. The van der Waals surface area contributed by atoms with E-state index in [2.05, 4.69) is 5.32 Å². The minimum Gasteiger partial charge on any atom is -0.352 e. The molecule has 4 rings (SSSR count). The van der Waals surface area contributed by atoms with Crippen LogP contribution in [0.4, 0.5) is 5.69 Å². The molecule has 0 aliphatic rings. The third-order valence-electron chi connectivity index (χ3n) is 6.93. The maximum atomic E-state index is 14.4. The lowest BCUT2D eigenvalue weighted by molar-refractivity contribution is -0.140. The molecule has 0 saturated carbocycles. The second-order valence-corrected chi connectivity index (χ2v) is 13.6. The quantitative estimate of drug-likeness (QED) is 0.186. The topological polar surface area (TPSA) is 86.8 Å². The summed E-state index contributed by atoms with van der Waals surface area (Å²) in [5.41, 5.74) is 2.65. The summed E-state index contributed by atoms with van der Waals surface area (Å²) in [6.07, 6.45) is 0.216. The summed E-state index contributed by atoms with van der Waals surface area (Å²) in [7, 11) is -4.21. The van der Waals surface area contributed by atoms with Crippen molar-refractivity contribution >= 4 is 50.7 Å². The Hall–Kier alpha value is -3.85. The zero-order valence-electron chi connectivity index (χ0n) is 24.8. The molecule has 0 heterocycles. The van der Waals surface area contributed by atoms with E-state index in [0.29, 0.717) is 15.6 Å². The molecule has 230 valence electrons. The van der Waals surface area contributed by atoms with Gasteiger partial charge in [-0.25, -0.2) is 8.42 Å². The molecule has 4 aromatic carbocycles. The monoisotopic (exact) mass is 651 g/mol. The highest BCUT2D eigenvalue weighted by atomic mass is 35.5. The molecule has 0 spiro atoms. The number of rotatable bonds is 12. The van der Waals surface area contributed by atoms with Gasteiger partial charge in [0.05, 0.1) is 10.6 Å². The van der Waals surface area contributed by atoms with Crippen molar-refractivity contribution < 1.29 is 18.0 Å². The minimum atomic E-state index is -4.21. The van der Waals surface area contributed by atoms with Gasteiger partial charge in [-0.15, -0.1) is 0 Å². The van der Waals surface area contributed by atoms with Crippen LogP contribution in [-0.4, -0.2) is 43.8 Å². The van der Waals surface area contributed by atoms with Gasteiger partial charge in [0.15, 0.2) is 0 Å². The first-order valence-electron chi connectivity index (χ1n) is 14.2. The summed E-state index contributed by atoms with van der Waals surface area (Å²) in [6, 6.07) is 28.0. The first kappa shape index (κ1) is 33.1. The van der Waals surface area contributed by atoms with Crippen molar-refractivity contribution in [2.45, 2.75) is 50.7 Å². The SMILES string of the molecule is Cc1ccc(S(=O)(=O)N(CC(=O)N(Cc2cccc(Cl)c2)C(Cc2ccccc2)C(=O)NC(C)C)c2cccc(Cl)c2)cc1. The third kappa shape index (κ3) is 8.62. The second kappa shape index (κ2) is 14.8. The van der Waals surface area contributed by atoms with Crippen LogP contribution in [0.2, 0.25) is 10.0 Å². The van der Waals surface area contributed by atoms with Crippen molar-refractivity contribution in [3.05, 3.63) is 130 Å². The van der Waals surface area contributed by atoms with Gasteiger partial charge in [0.1, 0.15) is 12.6 Å². The number of hydrogen-bond donors (Lipinski definition) is 1. The third-order valence-corrected chi connectivity index (χ3v) is 9.19. The molecule has 0 aromatic heterocycles. The maximum absolute atomic E-state index is 14.4. The molecule has 0 radical (unpaired) electrons. The molecule has 0 aliphatic carbocycles. The van der Waals surface area contributed by atoms with Gasteiger partial charge in [-0.2, -0.15) is 0 Å². The van der Waals surface area contributed by atoms with Gasteiger partial charge >= 0.3 is 0 Å². The van der Waals surface area contributed by atoms with Crippen LogP contribution in [0.5, 0.6) is 0 Å². The molecule has 0 aliphatic heterocycles. The number of carbonyl (C=O) groups excluding carboxylic acids is 2. The molecule has 4 aromatic rings. The number of sulfonamides is 1. The Balaban J connectivity index is 1.81. The molecule has 0 fully saturated rings. The minimum absolute atomic E-state index is 0.0238. The average molecular weight is 653 g/mol. The second-order valence-electron chi connectivity index (χ2n) is 10.8. The molecule has 7 nitrogen and oxygen atoms in total. The fraction of sp³-hybridized carbons (Fsp3) is 0.235. The van der Waals surface area contributed by atoms with E-state index in [4.69, 9.17) is 23.2 Å². The predicted octanol–water partition coefficient (Wildman–Crippen LogP) is 6.66. The fourth-order valence-electron chi connectivity index (χ4n) is 4.76. The van der Waals surface area contributed by atoms with Crippen LogP contribution in [0.15, 0.2) is 108 Å². The molecule has 1 unspecified atom stereocenters. The fourth-order valence-corrected chi connectivity index (χ4v) is 6.57. The molecule has 0 saturated heterocycles. The number of nitrogens with zero attached hydrogens (tertiary/aromatic N) is 2. The summed E-state index contributed by atoms with van der Waals surface area (Å²) >= 11 is 12.6. The number of nitrogens with one attached hydrogen (secondary N) is 1. The van der Waals surface area contributed by atoms with Crippen LogP contribution >= 0.6 is 23.2 Å². The summed E-state index contributed by atoms with van der Waals surface area (Å²) in [5, 5.41) is 3.73. The number of amides is 2. The maximum Gasteiger partial charge on any atom is 0.264 e. The van der Waals surface area contributed by atoms with Gasteiger partial charge in [-0.1, -0.05) is 89.4 Å². The lowest BCUT2D eigenvalue weighted by atomic mass is 10.0. The van der Waals surface area contributed by atoms with Gasteiger partial charge in [0, 0.05) is 29.1 Å². The number of halogens is 2. The zero-order chi connectivity index (χ0) is 31.9. The summed E-state index contributed by atoms with van der Waals surface area (Å²) in [6.45, 7) is 5.00. The Labute approximate surface area is 269 Å². The molecular weight excluding hydrogens is 617 g/mol. The molecule has 1 atom stereocenters. The van der Waals surface area contributed by atoms with Crippen molar-refractivity contribution in [3.8, 4) is 0 Å². The average Bonchev–Trinajstić information content (AvgIpc) is 2.98. The molecule has 44 heavy (non-hydrogen) atoms. The van der Waals surface area contributed by atoms with Crippen molar-refractivity contribution in [2.24, 2.45) is 0 Å². The van der Waals surface area contributed by atoms with Crippen LogP contribution in [-0.2, 0) is 32.6 Å². The predicted molar refractivity (Wildman–Crippen MR) is 176 cm³/mol. The smallest absolute Gasteiger partial charge is 0.264 e. The van der Waals surface area contributed by atoms with Gasteiger partial charge in [0.2, 0.25) is 11.8 Å². The Morgan fingerprint density at radius 2 is 1.41 bits per heavy atom. The van der Waals surface area contributed by atoms with Crippen LogP contribution < -0.4 is 9.62 Å². The van der Waals surface area contributed by atoms with E-state index >= 15 is 0 Å². The highest BCUT2D eigenvalue weighted by molar-refractivity contribution is 7.92. The number of anilines is 1. The van der Waals surface area contributed by atoms with Crippen molar-refractivity contribution in [1.82, 2.24) is 10.2 Å². The molecule has 1 N–H and O–H groups in total. The van der Waals surface area contributed by atoms with E-state index in [0.717, 1.165) is 15.4 Å². The normalized spacial score (nSPS) is 12.0. The van der Waals surface area contributed by atoms with Crippen molar-refractivity contribution in [1.29, 1.82) is 0 Å². The molecule has 2 amide bonds. The number of benzene rings is 4. The number of aryl methyl sites for hydroxylation is 1. The van der Waals surface area contributed by atoms with Crippen LogP contribution in [0.25, 0.3) is 0 Å². The van der Waals surface area contributed by atoms with Gasteiger partial charge in [-0.3, -0.25) is 13.9 Å². The molecule has 10 heteroatoms. The van der Waals surface area contributed by atoms with Gasteiger partial charge < -0.3 is 10.2 Å². The summed E-state index contributed by atoms with van der Waals surface area (Å²) < 4.78 is 29.2. The Bertz CT molecular complexity index is 1700. The summed E-state index contributed by atoms with van der Waals surface area (Å²) in [4.78, 5) is 29.6. The Morgan fingerprint density at radius 3 is 2.02 bits per heavy atom. The van der Waals surface area contributed by atoms with E-state index in [9.17, 15) is 18.0 Å². The van der Waals surface area contributed by atoms with Crippen LogP contribution in [0.1, 0.15) is 30.5 Å². The van der Waals surface area contributed by atoms with E-state index in [1.807, 2.05) is 57.2 Å². The van der Waals surface area contributed by atoms with E-state index in [1.165, 1.54) is 23.1 Å². The Morgan fingerprint density at radius 1 is 0.795 bits per heavy atom. The number of carbonyl (C=O) groups is 2. The molecule has 0 bridgehead atoms. The van der Waals surface area contributed by atoms with Crippen LogP contribution in [0.3, 0.4) is 0 Å². The lowest BCUT2D eigenvalue weighted by Crippen LogP contribution is -2.54. The van der Waals surface area contributed by atoms with Crippen molar-refractivity contribution in [2.75, 3.05) is 10.8 Å². The zero-order valence-corrected chi connectivity index (χ0v) is 27.1. The first-order valence-corrected chi connectivity index (χ1v) is 16.4. The van der Waals surface area contributed by atoms with Gasteiger partial charge in [-0.05, 0) is 74.4 Å². The van der Waals surface area contributed by atoms with E-state index in [-0.39, 0.29) is 35.5 Å². The van der Waals surface area contributed by atoms with Crippen molar-refractivity contribution in [3.63, 3.8) is 0 Å². The van der Waals surface area contributed by atoms with Gasteiger partial charge in [0.25, 0.3) is 10.0 Å². The van der Waals surface area contributed by atoms with Crippen LogP contribution in [0, 0.1) is 6.92 Å². The summed E-state index contributed by atoms with van der Waals surface area (Å²) in [5.74, 6) is -0.921. The highest BCUT2D eigenvalue weighted by Crippen LogP contribution is 2.27. The Kier molecular flexibility index (Phi) is 11.1. The number of hydrogen-bond acceptors (Lipinski definition) is 4. The first-order chi connectivity index (χ1) is 20.9. The van der Waals surface area contributed by atoms with E-state index in [1.54, 1.807) is 48.5 Å². The molecular formula is C34H35Cl2N3O4S. The standard InChI is InChI=1S/C34H35Cl2N3O4S/c1-24(2)37-34(41)32(20-26-9-5-4-6-10-26)38(22-27-11-7-12-28(35)19-27)33(40)23-39(30-14-8-13-29(36)21-30)44(42,43)31-17-15-25(3)16-18-31/h4-19,21,24,32H,20,22-23H2,1-3H3,(H,37,41). The van der Waals surface area contributed by atoms with E-state index < -0.39 is 28.5 Å². The highest BCUT2D eigenvalue weighted by Gasteiger charge is 2.35.